The van der Waals surface area contributed by atoms with Crippen LogP contribution in [0.3, 0.4) is 0 Å². The summed E-state index contributed by atoms with van der Waals surface area (Å²) in [5, 5.41) is 2.64. The maximum Gasteiger partial charge on any atom is 0.242 e. The molecule has 0 radical (unpaired) electrons. The molecule has 0 aromatic carbocycles. The molecule has 0 spiro atoms. The first-order chi connectivity index (χ1) is 8.38. The van der Waals surface area contributed by atoms with Crippen molar-refractivity contribution >= 4 is 59.1 Å². The van der Waals surface area contributed by atoms with Crippen molar-refractivity contribution in [2.24, 2.45) is 0 Å². The molecule has 5 nitrogen and oxygen atoms in total. The molecule has 1 amide bonds. The lowest BCUT2D eigenvalue weighted by Gasteiger charge is -2.23. The van der Waals surface area contributed by atoms with Gasteiger partial charge in [-0.1, -0.05) is 0 Å². The molecule has 1 atom stereocenters. The second-order valence-corrected chi connectivity index (χ2v) is 9.28. The van der Waals surface area contributed by atoms with E-state index in [2.05, 4.69) is 41.9 Å². The Morgan fingerprint density at radius 2 is 2.17 bits per heavy atom. The average molecular weight is 418 g/mol. The van der Waals surface area contributed by atoms with Gasteiger partial charge in [0, 0.05) is 19.0 Å². The van der Waals surface area contributed by atoms with Crippen LogP contribution < -0.4 is 10.0 Å². The molecule has 0 saturated carbocycles. The van der Waals surface area contributed by atoms with Crippen molar-refractivity contribution in [1.82, 2.24) is 10.0 Å². The Hall–Kier alpha value is 0.0400. The SMILES string of the molecule is O=C1CCC(NS(=O)(=O)c2cc(Br)sc2Br)CN1. The van der Waals surface area contributed by atoms with E-state index in [-0.39, 0.29) is 16.8 Å². The zero-order chi connectivity index (χ0) is 13.3. The first-order valence-corrected chi connectivity index (χ1v) is 9.01. The molecule has 0 aliphatic carbocycles. The van der Waals surface area contributed by atoms with Gasteiger partial charge in [-0.2, -0.15) is 0 Å². The molecule has 0 bridgehead atoms. The average Bonchev–Trinajstić information content (AvgIpc) is 2.62. The topological polar surface area (TPSA) is 75.3 Å². The normalized spacial score (nSPS) is 20.8. The van der Waals surface area contributed by atoms with Gasteiger partial charge in [0.25, 0.3) is 0 Å². The lowest BCUT2D eigenvalue weighted by atomic mass is 10.1. The molecule has 1 aliphatic heterocycles. The Morgan fingerprint density at radius 1 is 1.44 bits per heavy atom. The molecule has 1 aromatic rings. The highest BCUT2D eigenvalue weighted by atomic mass is 79.9. The number of piperidine rings is 1. The fourth-order valence-corrected chi connectivity index (χ4v) is 6.71. The number of hydrogen-bond acceptors (Lipinski definition) is 4. The lowest BCUT2D eigenvalue weighted by molar-refractivity contribution is -0.122. The predicted octanol–water partition coefficient (Wildman–Crippen LogP) is 1.83. The summed E-state index contributed by atoms with van der Waals surface area (Å²) < 4.78 is 28.2. The van der Waals surface area contributed by atoms with E-state index in [4.69, 9.17) is 0 Å². The maximum atomic E-state index is 12.1. The highest BCUT2D eigenvalue weighted by Gasteiger charge is 2.26. The second-order valence-electron chi connectivity index (χ2n) is 3.85. The third-order valence-electron chi connectivity index (χ3n) is 2.50. The summed E-state index contributed by atoms with van der Waals surface area (Å²) in [7, 11) is -3.55. The van der Waals surface area contributed by atoms with Crippen LogP contribution >= 0.6 is 43.2 Å². The number of nitrogens with one attached hydrogen (secondary N) is 2. The monoisotopic (exact) mass is 416 g/mol. The molecule has 1 unspecified atom stereocenters. The fraction of sp³-hybridized carbons (Fsp3) is 0.444. The fourth-order valence-electron chi connectivity index (χ4n) is 1.62. The van der Waals surface area contributed by atoms with E-state index in [0.29, 0.717) is 23.2 Å². The molecule has 9 heteroatoms. The van der Waals surface area contributed by atoms with Gasteiger partial charge in [-0.25, -0.2) is 13.1 Å². The molecule has 2 heterocycles. The summed E-state index contributed by atoms with van der Waals surface area (Å²) in [5.74, 6) is -0.0371. The van der Waals surface area contributed by atoms with Crippen LogP contribution in [0.2, 0.25) is 0 Å². The number of carbonyl (C=O) groups excluding carboxylic acids is 1. The van der Waals surface area contributed by atoms with Crippen LogP contribution in [-0.4, -0.2) is 26.9 Å². The number of thiophene rings is 1. The molecule has 2 rings (SSSR count). The van der Waals surface area contributed by atoms with Crippen molar-refractivity contribution in [3.05, 3.63) is 13.6 Å². The molecule has 1 saturated heterocycles. The van der Waals surface area contributed by atoms with Crippen LogP contribution in [0.1, 0.15) is 12.8 Å². The minimum Gasteiger partial charge on any atom is -0.355 e. The van der Waals surface area contributed by atoms with Gasteiger partial charge in [0.2, 0.25) is 15.9 Å². The first kappa shape index (κ1) is 14.4. The predicted molar refractivity (Wildman–Crippen MR) is 76.1 cm³/mol. The van der Waals surface area contributed by atoms with Gasteiger partial charge in [0.15, 0.2) is 0 Å². The van der Waals surface area contributed by atoms with Crippen molar-refractivity contribution in [2.75, 3.05) is 6.54 Å². The Morgan fingerprint density at radius 3 is 2.67 bits per heavy atom. The summed E-state index contributed by atoms with van der Waals surface area (Å²) in [5.41, 5.74) is 0. The van der Waals surface area contributed by atoms with Crippen LogP contribution in [0.4, 0.5) is 0 Å². The number of amides is 1. The van der Waals surface area contributed by atoms with E-state index in [1.54, 1.807) is 6.07 Å². The van der Waals surface area contributed by atoms with Crippen molar-refractivity contribution in [2.45, 2.75) is 23.8 Å². The zero-order valence-corrected chi connectivity index (χ0v) is 13.9. The summed E-state index contributed by atoms with van der Waals surface area (Å²) in [6.07, 6.45) is 0.871. The van der Waals surface area contributed by atoms with E-state index in [1.807, 2.05) is 0 Å². The quantitative estimate of drug-likeness (QED) is 0.787. The van der Waals surface area contributed by atoms with Crippen molar-refractivity contribution in [3.63, 3.8) is 0 Å². The molecule has 1 fully saturated rings. The third-order valence-corrected chi connectivity index (χ3v) is 6.78. The van der Waals surface area contributed by atoms with Crippen molar-refractivity contribution in [3.8, 4) is 0 Å². The van der Waals surface area contributed by atoms with E-state index < -0.39 is 10.0 Å². The minimum absolute atomic E-state index is 0.0371. The van der Waals surface area contributed by atoms with Crippen LogP contribution in [-0.2, 0) is 14.8 Å². The number of halogens is 2. The maximum absolute atomic E-state index is 12.1. The minimum atomic E-state index is -3.55. The lowest BCUT2D eigenvalue weighted by Crippen LogP contribution is -2.47. The van der Waals surface area contributed by atoms with Crippen LogP contribution in [0.15, 0.2) is 18.5 Å². The molecule has 18 heavy (non-hydrogen) atoms. The van der Waals surface area contributed by atoms with Gasteiger partial charge in [-0.05, 0) is 44.3 Å². The Bertz CT molecular complexity index is 560. The smallest absolute Gasteiger partial charge is 0.242 e. The van der Waals surface area contributed by atoms with Gasteiger partial charge >= 0.3 is 0 Å². The van der Waals surface area contributed by atoms with E-state index in [9.17, 15) is 13.2 Å². The van der Waals surface area contributed by atoms with Crippen LogP contribution in [0.5, 0.6) is 0 Å². The Balaban J connectivity index is 2.12. The highest BCUT2D eigenvalue weighted by Crippen LogP contribution is 2.34. The summed E-state index contributed by atoms with van der Waals surface area (Å²) in [6, 6.07) is 1.30. The second kappa shape index (κ2) is 5.58. The number of carbonyl (C=O) groups is 1. The molecule has 1 aromatic heterocycles. The summed E-state index contributed by atoms with van der Waals surface area (Å²) in [4.78, 5) is 11.2. The highest BCUT2D eigenvalue weighted by molar-refractivity contribution is 9.12. The summed E-state index contributed by atoms with van der Waals surface area (Å²) >= 11 is 7.78. The van der Waals surface area contributed by atoms with E-state index >= 15 is 0 Å². The molecule has 100 valence electrons. The Kier molecular flexibility index (Phi) is 4.48. The van der Waals surface area contributed by atoms with E-state index in [1.165, 1.54) is 11.3 Å². The molecular weight excluding hydrogens is 408 g/mol. The molecule has 2 N–H and O–H groups in total. The van der Waals surface area contributed by atoms with Crippen molar-refractivity contribution < 1.29 is 13.2 Å². The van der Waals surface area contributed by atoms with Gasteiger partial charge in [0.1, 0.15) is 4.90 Å². The third kappa shape index (κ3) is 3.32. The van der Waals surface area contributed by atoms with E-state index in [0.717, 1.165) is 3.79 Å². The Labute approximate surface area is 126 Å². The molecular formula is C9H10Br2N2O3S2. The summed E-state index contributed by atoms with van der Waals surface area (Å²) in [6.45, 7) is 0.334. The zero-order valence-electron chi connectivity index (χ0n) is 9.07. The van der Waals surface area contributed by atoms with Crippen molar-refractivity contribution in [1.29, 1.82) is 0 Å². The van der Waals surface area contributed by atoms with Crippen LogP contribution in [0.25, 0.3) is 0 Å². The first-order valence-electron chi connectivity index (χ1n) is 5.12. The van der Waals surface area contributed by atoms with Gasteiger partial charge < -0.3 is 5.32 Å². The van der Waals surface area contributed by atoms with Crippen LogP contribution in [0, 0.1) is 0 Å². The van der Waals surface area contributed by atoms with Gasteiger partial charge in [0.05, 0.1) is 7.57 Å². The molecule has 1 aliphatic rings. The standard InChI is InChI=1S/C9H10Br2N2O3S2/c10-7-3-6(9(11)17-7)18(15,16)13-5-1-2-8(14)12-4-5/h3,5,13H,1-2,4H2,(H,12,14). The number of hydrogen-bond donors (Lipinski definition) is 2. The number of rotatable bonds is 3. The van der Waals surface area contributed by atoms with Gasteiger partial charge in [-0.15, -0.1) is 11.3 Å². The largest absolute Gasteiger partial charge is 0.355 e. The van der Waals surface area contributed by atoms with Gasteiger partial charge in [-0.3, -0.25) is 4.79 Å². The number of sulfonamides is 1.